The van der Waals surface area contributed by atoms with Gasteiger partial charge in [-0.25, -0.2) is 4.39 Å². The van der Waals surface area contributed by atoms with Crippen LogP contribution >= 0.6 is 0 Å². The molecule has 0 aliphatic carbocycles. The molecule has 3 nitrogen and oxygen atoms in total. The Kier molecular flexibility index (Phi) is 4.66. The van der Waals surface area contributed by atoms with E-state index in [1.165, 1.54) is 6.07 Å². The number of rotatable bonds is 3. The van der Waals surface area contributed by atoms with Crippen LogP contribution in [-0.4, -0.2) is 37.7 Å². The fourth-order valence-corrected chi connectivity index (χ4v) is 2.56. The van der Waals surface area contributed by atoms with Gasteiger partial charge in [0.05, 0.1) is 7.11 Å². The lowest BCUT2D eigenvalue weighted by atomic mass is 9.85. The average Bonchev–Trinajstić information content (AvgIpc) is 2.40. The van der Waals surface area contributed by atoms with Crippen molar-refractivity contribution >= 4 is 0 Å². The lowest BCUT2D eigenvalue weighted by molar-refractivity contribution is 0.128. The summed E-state index contributed by atoms with van der Waals surface area (Å²) in [6, 6.07) is 5.54. The third kappa shape index (κ3) is 3.70. The van der Waals surface area contributed by atoms with Crippen LogP contribution in [0.4, 0.5) is 4.39 Å². The summed E-state index contributed by atoms with van der Waals surface area (Å²) in [6.45, 7) is 10.2. The van der Waals surface area contributed by atoms with Gasteiger partial charge >= 0.3 is 0 Å². The molecule has 0 saturated carbocycles. The monoisotopic (exact) mass is 280 g/mol. The maximum absolute atomic E-state index is 14.0. The van der Waals surface area contributed by atoms with Gasteiger partial charge in [0.2, 0.25) is 0 Å². The van der Waals surface area contributed by atoms with E-state index in [1.54, 1.807) is 7.11 Å². The van der Waals surface area contributed by atoms with Crippen LogP contribution in [0.5, 0.6) is 5.75 Å². The van der Waals surface area contributed by atoms with Crippen LogP contribution in [0.3, 0.4) is 0 Å². The molecular weight excluding hydrogens is 255 g/mol. The SMILES string of the molecule is COc1ccc(CN2CCNC(C(C)(C)C)C2)c(F)c1. The molecule has 1 N–H and O–H groups in total. The maximum atomic E-state index is 14.0. The highest BCUT2D eigenvalue weighted by atomic mass is 19.1. The van der Waals surface area contributed by atoms with E-state index in [4.69, 9.17) is 4.74 Å². The fourth-order valence-electron chi connectivity index (χ4n) is 2.56. The number of methoxy groups -OCH3 is 1. The second-order valence-corrected chi connectivity index (χ2v) is 6.57. The lowest BCUT2D eigenvalue weighted by Gasteiger charge is -2.40. The highest BCUT2D eigenvalue weighted by molar-refractivity contribution is 5.28. The molecule has 112 valence electrons. The van der Waals surface area contributed by atoms with Crippen molar-refractivity contribution in [1.82, 2.24) is 10.2 Å². The van der Waals surface area contributed by atoms with Gasteiger partial charge in [-0.1, -0.05) is 26.8 Å². The van der Waals surface area contributed by atoms with Crippen molar-refractivity contribution in [3.05, 3.63) is 29.6 Å². The zero-order chi connectivity index (χ0) is 14.8. The predicted molar refractivity (Wildman–Crippen MR) is 79.5 cm³/mol. The maximum Gasteiger partial charge on any atom is 0.131 e. The molecule has 2 rings (SSSR count). The first-order valence-electron chi connectivity index (χ1n) is 7.18. The van der Waals surface area contributed by atoms with E-state index >= 15 is 0 Å². The van der Waals surface area contributed by atoms with Crippen molar-refractivity contribution in [1.29, 1.82) is 0 Å². The molecular formula is C16H25FN2O. The molecule has 1 aromatic rings. The van der Waals surface area contributed by atoms with Crippen molar-refractivity contribution < 1.29 is 9.13 Å². The van der Waals surface area contributed by atoms with E-state index in [0.717, 1.165) is 25.2 Å². The molecule has 4 heteroatoms. The minimum atomic E-state index is -0.185. The molecule has 1 unspecified atom stereocenters. The van der Waals surface area contributed by atoms with Gasteiger partial charge in [-0.05, 0) is 11.5 Å². The van der Waals surface area contributed by atoms with E-state index < -0.39 is 0 Å². The standard InChI is InChI=1S/C16H25FN2O/c1-16(2,3)15-11-19(8-7-18-15)10-12-5-6-13(20-4)9-14(12)17/h5-6,9,15,18H,7-8,10-11H2,1-4H3. The van der Waals surface area contributed by atoms with Crippen LogP contribution < -0.4 is 10.1 Å². The number of halogens is 1. The zero-order valence-electron chi connectivity index (χ0n) is 12.9. The summed E-state index contributed by atoms with van der Waals surface area (Å²) in [5.41, 5.74) is 0.956. The van der Waals surface area contributed by atoms with Gasteiger partial charge in [0.25, 0.3) is 0 Å². The summed E-state index contributed by atoms with van der Waals surface area (Å²) in [6.07, 6.45) is 0. The molecule has 0 bridgehead atoms. The molecule has 0 spiro atoms. The molecule has 20 heavy (non-hydrogen) atoms. The van der Waals surface area contributed by atoms with Crippen LogP contribution in [0.2, 0.25) is 0 Å². The summed E-state index contributed by atoms with van der Waals surface area (Å²) in [5.74, 6) is 0.384. The van der Waals surface area contributed by atoms with Crippen LogP contribution in [0, 0.1) is 11.2 Å². The van der Waals surface area contributed by atoms with Crippen molar-refractivity contribution in [2.24, 2.45) is 5.41 Å². The fraction of sp³-hybridized carbons (Fsp3) is 0.625. The van der Waals surface area contributed by atoms with Gasteiger partial charge in [0.1, 0.15) is 11.6 Å². The second kappa shape index (κ2) is 6.10. The number of benzene rings is 1. The summed E-state index contributed by atoms with van der Waals surface area (Å²) in [5, 5.41) is 3.55. The molecule has 1 heterocycles. The Balaban J connectivity index is 2.03. The average molecular weight is 280 g/mol. The molecule has 0 amide bonds. The molecule has 1 fully saturated rings. The van der Waals surface area contributed by atoms with Gasteiger partial charge in [-0.3, -0.25) is 4.90 Å². The zero-order valence-corrected chi connectivity index (χ0v) is 12.9. The van der Waals surface area contributed by atoms with Gasteiger partial charge < -0.3 is 10.1 Å². The molecule has 1 aromatic carbocycles. The highest BCUT2D eigenvalue weighted by Crippen LogP contribution is 2.23. The topological polar surface area (TPSA) is 24.5 Å². The third-order valence-corrected chi connectivity index (χ3v) is 3.96. The first-order valence-corrected chi connectivity index (χ1v) is 7.18. The minimum absolute atomic E-state index is 0.185. The van der Waals surface area contributed by atoms with E-state index in [9.17, 15) is 4.39 Å². The Hall–Kier alpha value is -1.13. The van der Waals surface area contributed by atoms with E-state index in [1.807, 2.05) is 12.1 Å². The molecule has 0 radical (unpaired) electrons. The van der Waals surface area contributed by atoms with Gasteiger partial charge in [-0.15, -0.1) is 0 Å². The van der Waals surface area contributed by atoms with Crippen LogP contribution in [-0.2, 0) is 6.54 Å². The Morgan fingerprint density at radius 3 is 2.75 bits per heavy atom. The Labute approximate surface area is 121 Å². The normalized spacial score (nSPS) is 20.9. The van der Waals surface area contributed by atoms with Crippen molar-refractivity contribution in [2.45, 2.75) is 33.4 Å². The van der Waals surface area contributed by atoms with Crippen molar-refractivity contribution in [3.8, 4) is 5.75 Å². The first kappa shape index (κ1) is 15.3. The summed E-state index contributed by atoms with van der Waals surface area (Å²) >= 11 is 0. The molecule has 1 aliphatic heterocycles. The largest absolute Gasteiger partial charge is 0.497 e. The number of piperazine rings is 1. The number of nitrogens with one attached hydrogen (secondary N) is 1. The van der Waals surface area contributed by atoms with E-state index in [0.29, 0.717) is 18.3 Å². The minimum Gasteiger partial charge on any atom is -0.497 e. The quantitative estimate of drug-likeness (QED) is 0.921. The predicted octanol–water partition coefficient (Wildman–Crippen LogP) is 2.65. The Morgan fingerprint density at radius 2 is 2.15 bits per heavy atom. The number of ether oxygens (including phenoxy) is 1. The highest BCUT2D eigenvalue weighted by Gasteiger charge is 2.29. The van der Waals surface area contributed by atoms with Gasteiger partial charge in [-0.2, -0.15) is 0 Å². The van der Waals surface area contributed by atoms with Crippen LogP contribution in [0.15, 0.2) is 18.2 Å². The summed E-state index contributed by atoms with van der Waals surface area (Å²) in [7, 11) is 1.55. The Bertz CT molecular complexity index is 456. The number of hydrogen-bond donors (Lipinski definition) is 1. The molecule has 0 aromatic heterocycles. The number of hydrogen-bond acceptors (Lipinski definition) is 3. The second-order valence-electron chi connectivity index (χ2n) is 6.57. The lowest BCUT2D eigenvalue weighted by Crippen LogP contribution is -2.55. The summed E-state index contributed by atoms with van der Waals surface area (Å²) < 4.78 is 19.0. The smallest absolute Gasteiger partial charge is 0.131 e. The first-order chi connectivity index (χ1) is 9.40. The van der Waals surface area contributed by atoms with E-state index in [2.05, 4.69) is 31.0 Å². The van der Waals surface area contributed by atoms with Crippen LogP contribution in [0.25, 0.3) is 0 Å². The molecule has 1 saturated heterocycles. The summed E-state index contributed by atoms with van der Waals surface area (Å²) in [4.78, 5) is 2.32. The molecule has 1 atom stereocenters. The Morgan fingerprint density at radius 1 is 1.40 bits per heavy atom. The third-order valence-electron chi connectivity index (χ3n) is 3.96. The number of nitrogens with zero attached hydrogens (tertiary/aromatic N) is 1. The van der Waals surface area contributed by atoms with Gasteiger partial charge in [0.15, 0.2) is 0 Å². The van der Waals surface area contributed by atoms with Gasteiger partial charge in [0, 0.05) is 43.9 Å². The molecule has 1 aliphatic rings. The van der Waals surface area contributed by atoms with E-state index in [-0.39, 0.29) is 11.2 Å². The van der Waals surface area contributed by atoms with Crippen LogP contribution in [0.1, 0.15) is 26.3 Å². The van der Waals surface area contributed by atoms with Crippen molar-refractivity contribution in [3.63, 3.8) is 0 Å². The van der Waals surface area contributed by atoms with Crippen molar-refractivity contribution in [2.75, 3.05) is 26.7 Å².